The molecule has 2 heterocycles. The van der Waals surface area contributed by atoms with Crippen molar-refractivity contribution >= 4 is 11.6 Å². The van der Waals surface area contributed by atoms with Crippen molar-refractivity contribution in [1.29, 1.82) is 0 Å². The zero-order valence-corrected chi connectivity index (χ0v) is 16.7. The van der Waals surface area contributed by atoms with Gasteiger partial charge in [0.15, 0.2) is 0 Å². The van der Waals surface area contributed by atoms with E-state index in [-0.39, 0.29) is 11.9 Å². The molecule has 0 bridgehead atoms. The predicted molar refractivity (Wildman–Crippen MR) is 108 cm³/mol. The smallest absolute Gasteiger partial charge is 0.243 e. The minimum atomic E-state index is -0.182. The van der Waals surface area contributed by atoms with Gasteiger partial charge in [0.05, 0.1) is 13.2 Å². The molecule has 1 aromatic carbocycles. The first-order chi connectivity index (χ1) is 13.7. The Morgan fingerprint density at radius 3 is 3.00 bits per heavy atom. The normalized spacial score (nSPS) is 30.6. The van der Waals surface area contributed by atoms with Crippen molar-refractivity contribution in [2.24, 2.45) is 11.8 Å². The topological polar surface area (TPSA) is 74.9 Å². The first kappa shape index (κ1) is 19.6. The summed E-state index contributed by atoms with van der Waals surface area (Å²) in [4.78, 5) is 15.2. The van der Waals surface area contributed by atoms with Gasteiger partial charge >= 0.3 is 0 Å². The van der Waals surface area contributed by atoms with Crippen molar-refractivity contribution in [2.75, 3.05) is 44.8 Å². The van der Waals surface area contributed by atoms with E-state index in [4.69, 9.17) is 9.47 Å². The molecule has 0 spiro atoms. The summed E-state index contributed by atoms with van der Waals surface area (Å²) >= 11 is 0. The number of amides is 1. The number of fused-ring (bicyclic) bond motifs is 1. The molecule has 1 aromatic rings. The Hall–Kier alpha value is -1.67. The largest absolute Gasteiger partial charge is 0.492 e. The van der Waals surface area contributed by atoms with Crippen molar-refractivity contribution in [3.8, 4) is 5.75 Å². The molecule has 7 heteroatoms. The Morgan fingerprint density at radius 1 is 1.29 bits per heavy atom. The number of anilines is 1. The molecule has 7 nitrogen and oxygen atoms in total. The highest BCUT2D eigenvalue weighted by Gasteiger charge is 2.42. The summed E-state index contributed by atoms with van der Waals surface area (Å²) in [5, 5.41) is 3.06. The van der Waals surface area contributed by atoms with Gasteiger partial charge < -0.3 is 14.8 Å². The minimum absolute atomic E-state index is 0.0274. The Kier molecular flexibility index (Phi) is 6.47. The molecule has 2 aliphatic heterocycles. The predicted octanol–water partition coefficient (Wildman–Crippen LogP) is 1.62. The van der Waals surface area contributed by atoms with E-state index in [2.05, 4.69) is 28.0 Å². The monoisotopic (exact) mass is 388 g/mol. The molecule has 1 aliphatic carbocycles. The Balaban J connectivity index is 1.28. The van der Waals surface area contributed by atoms with Crippen LogP contribution < -0.4 is 20.9 Å². The molecule has 3 N–H and O–H groups in total. The van der Waals surface area contributed by atoms with E-state index in [0.29, 0.717) is 24.5 Å². The van der Waals surface area contributed by atoms with Crippen molar-refractivity contribution < 1.29 is 14.3 Å². The van der Waals surface area contributed by atoms with Crippen LogP contribution in [0, 0.1) is 11.8 Å². The van der Waals surface area contributed by atoms with E-state index >= 15 is 0 Å². The van der Waals surface area contributed by atoms with Crippen LogP contribution >= 0.6 is 0 Å². The van der Waals surface area contributed by atoms with E-state index in [1.54, 1.807) is 0 Å². The number of benzene rings is 1. The van der Waals surface area contributed by atoms with Crippen molar-refractivity contribution in [3.63, 3.8) is 0 Å². The number of hydrogen-bond donors (Lipinski definition) is 3. The lowest BCUT2D eigenvalue weighted by Gasteiger charge is -2.30. The lowest BCUT2D eigenvalue weighted by molar-refractivity contribution is -0.119. The maximum Gasteiger partial charge on any atom is 0.243 e. The van der Waals surface area contributed by atoms with Gasteiger partial charge in [-0.3, -0.25) is 15.1 Å². The molecule has 0 aromatic heterocycles. The van der Waals surface area contributed by atoms with Gasteiger partial charge in [-0.2, -0.15) is 0 Å². The first-order valence-corrected chi connectivity index (χ1v) is 10.5. The van der Waals surface area contributed by atoms with Gasteiger partial charge in [-0.15, -0.1) is 0 Å². The second-order valence-electron chi connectivity index (χ2n) is 8.27. The van der Waals surface area contributed by atoms with Gasteiger partial charge in [-0.05, 0) is 37.3 Å². The molecule has 4 atom stereocenters. The fourth-order valence-corrected chi connectivity index (χ4v) is 4.54. The Bertz CT molecular complexity index is 665. The van der Waals surface area contributed by atoms with Crippen LogP contribution in [0.25, 0.3) is 0 Å². The van der Waals surface area contributed by atoms with Crippen LogP contribution in [-0.4, -0.2) is 62.3 Å². The van der Waals surface area contributed by atoms with Gasteiger partial charge in [-0.1, -0.05) is 13.0 Å². The summed E-state index contributed by atoms with van der Waals surface area (Å²) < 4.78 is 11.3. The Labute approximate surface area is 167 Å². The minimum Gasteiger partial charge on any atom is -0.492 e. The number of rotatable bonds is 6. The number of carbonyl (C=O) groups excluding carboxylic acids is 1. The number of hydrogen-bond acceptors (Lipinski definition) is 6. The van der Waals surface area contributed by atoms with Gasteiger partial charge in [-0.25, -0.2) is 5.43 Å². The molecular formula is C21H32N4O3. The van der Waals surface area contributed by atoms with Gasteiger partial charge in [0.1, 0.15) is 18.4 Å². The highest BCUT2D eigenvalue weighted by molar-refractivity contribution is 5.95. The first-order valence-electron chi connectivity index (χ1n) is 10.5. The molecule has 28 heavy (non-hydrogen) atoms. The van der Waals surface area contributed by atoms with Crippen LogP contribution in [0.1, 0.15) is 26.2 Å². The third kappa shape index (κ3) is 4.84. The van der Waals surface area contributed by atoms with Crippen LogP contribution in [0.4, 0.5) is 5.69 Å². The van der Waals surface area contributed by atoms with Crippen LogP contribution in [0.15, 0.2) is 24.3 Å². The summed E-state index contributed by atoms with van der Waals surface area (Å²) in [7, 11) is 0. The van der Waals surface area contributed by atoms with Gasteiger partial charge in [0.2, 0.25) is 5.91 Å². The van der Waals surface area contributed by atoms with Crippen LogP contribution in [0.2, 0.25) is 0 Å². The fourth-order valence-electron chi connectivity index (χ4n) is 4.54. The van der Waals surface area contributed by atoms with E-state index in [1.165, 1.54) is 6.42 Å². The SMILES string of the molecule is CC1CCC2NNC(C(=O)Nc3cccc(OCCN4CCOCC4)c3)C2C1. The van der Waals surface area contributed by atoms with Crippen molar-refractivity contribution in [3.05, 3.63) is 24.3 Å². The summed E-state index contributed by atoms with van der Waals surface area (Å²) in [6.45, 7) is 7.32. The number of carbonyl (C=O) groups is 1. The number of nitrogens with one attached hydrogen (secondary N) is 3. The molecule has 3 fully saturated rings. The van der Waals surface area contributed by atoms with Crippen LogP contribution in [0.3, 0.4) is 0 Å². The quantitative estimate of drug-likeness (QED) is 0.688. The Morgan fingerprint density at radius 2 is 2.14 bits per heavy atom. The molecule has 0 radical (unpaired) electrons. The van der Waals surface area contributed by atoms with E-state index in [1.807, 2.05) is 24.3 Å². The molecular weight excluding hydrogens is 356 g/mol. The zero-order valence-electron chi connectivity index (χ0n) is 16.7. The number of morpholine rings is 1. The molecule has 3 aliphatic rings. The summed E-state index contributed by atoms with van der Waals surface area (Å²) in [5.74, 6) is 1.85. The van der Waals surface area contributed by atoms with Crippen LogP contribution in [0.5, 0.6) is 5.75 Å². The molecule has 4 rings (SSSR count). The third-order valence-electron chi connectivity index (χ3n) is 6.18. The highest BCUT2D eigenvalue weighted by atomic mass is 16.5. The lowest BCUT2D eigenvalue weighted by atomic mass is 9.76. The summed E-state index contributed by atoms with van der Waals surface area (Å²) in [6.07, 6.45) is 3.45. The molecule has 2 saturated heterocycles. The molecule has 1 amide bonds. The summed E-state index contributed by atoms with van der Waals surface area (Å²) in [5.41, 5.74) is 7.31. The van der Waals surface area contributed by atoms with Crippen molar-refractivity contribution in [2.45, 2.75) is 38.3 Å². The van der Waals surface area contributed by atoms with Gasteiger partial charge in [0, 0.05) is 43.3 Å². The van der Waals surface area contributed by atoms with Crippen LogP contribution in [-0.2, 0) is 9.53 Å². The van der Waals surface area contributed by atoms with E-state index in [0.717, 1.165) is 57.1 Å². The fraction of sp³-hybridized carbons (Fsp3) is 0.667. The zero-order chi connectivity index (χ0) is 19.3. The average molecular weight is 389 g/mol. The standard InChI is InChI=1S/C21H32N4O3/c1-15-5-6-19-18(13-15)20(24-23-19)21(26)22-16-3-2-4-17(14-16)28-12-9-25-7-10-27-11-8-25/h2-4,14-15,18-20,23-24H,5-13H2,1H3,(H,22,26). The van der Waals surface area contributed by atoms with E-state index < -0.39 is 0 Å². The average Bonchev–Trinajstić information content (AvgIpc) is 3.12. The third-order valence-corrected chi connectivity index (χ3v) is 6.18. The number of hydrazine groups is 1. The van der Waals surface area contributed by atoms with Gasteiger partial charge in [0.25, 0.3) is 0 Å². The summed E-state index contributed by atoms with van der Waals surface area (Å²) in [6, 6.07) is 7.89. The molecule has 154 valence electrons. The molecule has 1 saturated carbocycles. The number of nitrogens with zero attached hydrogens (tertiary/aromatic N) is 1. The van der Waals surface area contributed by atoms with Crippen molar-refractivity contribution in [1.82, 2.24) is 15.8 Å². The number of ether oxygens (including phenoxy) is 2. The molecule has 4 unspecified atom stereocenters. The maximum atomic E-state index is 12.8. The lowest BCUT2D eigenvalue weighted by Crippen LogP contribution is -2.42. The maximum absolute atomic E-state index is 12.8. The highest BCUT2D eigenvalue weighted by Crippen LogP contribution is 2.34. The second-order valence-corrected chi connectivity index (χ2v) is 8.27. The van der Waals surface area contributed by atoms with E-state index in [9.17, 15) is 4.79 Å². The second kappa shape index (κ2) is 9.22.